The van der Waals surface area contributed by atoms with Crippen molar-refractivity contribution in [2.45, 2.75) is 6.42 Å². The SMILES string of the molecule is O=C(O)Cc1cccc(Cl)c1-c1cc(Cl)c(Cl)cc1Cl. The lowest BCUT2D eigenvalue weighted by Crippen LogP contribution is -2.02. The van der Waals surface area contributed by atoms with E-state index in [0.717, 1.165) is 0 Å². The highest BCUT2D eigenvalue weighted by Crippen LogP contribution is 2.40. The summed E-state index contributed by atoms with van der Waals surface area (Å²) in [6, 6.07) is 8.14. The highest BCUT2D eigenvalue weighted by atomic mass is 35.5. The molecule has 2 nitrogen and oxygen atoms in total. The fourth-order valence-electron chi connectivity index (χ4n) is 1.89. The van der Waals surface area contributed by atoms with Gasteiger partial charge in [0.1, 0.15) is 0 Å². The van der Waals surface area contributed by atoms with Crippen LogP contribution in [0.4, 0.5) is 0 Å². The summed E-state index contributed by atoms with van der Waals surface area (Å²) in [6.45, 7) is 0. The van der Waals surface area contributed by atoms with Crippen molar-refractivity contribution in [3.05, 3.63) is 56.0 Å². The minimum atomic E-state index is -0.954. The number of benzene rings is 2. The lowest BCUT2D eigenvalue weighted by Gasteiger charge is -2.13. The van der Waals surface area contributed by atoms with Gasteiger partial charge in [0, 0.05) is 16.1 Å². The Labute approximate surface area is 135 Å². The summed E-state index contributed by atoms with van der Waals surface area (Å²) in [7, 11) is 0. The van der Waals surface area contributed by atoms with Gasteiger partial charge in [-0.25, -0.2) is 0 Å². The van der Waals surface area contributed by atoms with Gasteiger partial charge in [0.15, 0.2) is 0 Å². The summed E-state index contributed by atoms with van der Waals surface area (Å²) in [6.07, 6.45) is -0.160. The molecular formula is C14H8Cl4O2. The zero-order valence-corrected chi connectivity index (χ0v) is 13.0. The van der Waals surface area contributed by atoms with E-state index in [4.69, 9.17) is 51.5 Å². The van der Waals surface area contributed by atoms with Gasteiger partial charge >= 0.3 is 5.97 Å². The largest absolute Gasteiger partial charge is 0.481 e. The zero-order chi connectivity index (χ0) is 14.9. The normalized spacial score (nSPS) is 10.6. The van der Waals surface area contributed by atoms with Gasteiger partial charge in [-0.3, -0.25) is 4.79 Å². The van der Waals surface area contributed by atoms with Crippen molar-refractivity contribution in [3.63, 3.8) is 0 Å². The fraction of sp³-hybridized carbons (Fsp3) is 0.0714. The summed E-state index contributed by atoms with van der Waals surface area (Å²) in [5.41, 5.74) is 1.67. The van der Waals surface area contributed by atoms with Gasteiger partial charge in [-0.15, -0.1) is 0 Å². The maximum Gasteiger partial charge on any atom is 0.307 e. The maximum absolute atomic E-state index is 10.9. The topological polar surface area (TPSA) is 37.3 Å². The van der Waals surface area contributed by atoms with Crippen LogP contribution in [0.25, 0.3) is 11.1 Å². The van der Waals surface area contributed by atoms with E-state index in [1.165, 1.54) is 6.07 Å². The molecule has 104 valence electrons. The predicted molar refractivity (Wildman–Crippen MR) is 83.3 cm³/mol. The van der Waals surface area contributed by atoms with E-state index >= 15 is 0 Å². The van der Waals surface area contributed by atoms with Crippen LogP contribution in [0.2, 0.25) is 20.1 Å². The first kappa shape index (κ1) is 15.5. The molecule has 0 aromatic heterocycles. The Morgan fingerprint density at radius 2 is 1.60 bits per heavy atom. The molecular weight excluding hydrogens is 342 g/mol. The second-order valence-electron chi connectivity index (χ2n) is 4.09. The van der Waals surface area contributed by atoms with Crippen LogP contribution in [0, 0.1) is 0 Å². The van der Waals surface area contributed by atoms with Crippen molar-refractivity contribution in [3.8, 4) is 11.1 Å². The first-order chi connectivity index (χ1) is 9.40. The maximum atomic E-state index is 10.9. The summed E-state index contributed by atoms with van der Waals surface area (Å²) >= 11 is 24.2. The van der Waals surface area contributed by atoms with Crippen LogP contribution in [0.15, 0.2) is 30.3 Å². The molecule has 0 aliphatic carbocycles. The van der Waals surface area contributed by atoms with Gasteiger partial charge in [-0.2, -0.15) is 0 Å². The van der Waals surface area contributed by atoms with Crippen LogP contribution in [0.1, 0.15) is 5.56 Å². The van der Waals surface area contributed by atoms with Gasteiger partial charge < -0.3 is 5.11 Å². The van der Waals surface area contributed by atoms with Crippen LogP contribution < -0.4 is 0 Å². The minimum Gasteiger partial charge on any atom is -0.481 e. The van der Waals surface area contributed by atoms with Gasteiger partial charge in [-0.1, -0.05) is 58.5 Å². The molecule has 0 aliphatic rings. The van der Waals surface area contributed by atoms with Crippen LogP contribution in [0.3, 0.4) is 0 Å². The Morgan fingerprint density at radius 3 is 2.25 bits per heavy atom. The van der Waals surface area contributed by atoms with Gasteiger partial charge in [-0.05, 0) is 23.8 Å². The Balaban J connectivity index is 2.68. The molecule has 6 heteroatoms. The second-order valence-corrected chi connectivity index (χ2v) is 5.72. The second kappa shape index (κ2) is 6.23. The molecule has 2 aromatic rings. The number of hydrogen-bond donors (Lipinski definition) is 1. The summed E-state index contributed by atoms with van der Waals surface area (Å²) < 4.78 is 0. The van der Waals surface area contributed by atoms with E-state index < -0.39 is 5.97 Å². The number of carboxylic acids is 1. The molecule has 0 bridgehead atoms. The number of hydrogen-bond acceptors (Lipinski definition) is 1. The third-order valence-electron chi connectivity index (χ3n) is 2.72. The number of aliphatic carboxylic acids is 1. The number of rotatable bonds is 3. The lowest BCUT2D eigenvalue weighted by atomic mass is 9.97. The first-order valence-corrected chi connectivity index (χ1v) is 7.05. The summed E-state index contributed by atoms with van der Waals surface area (Å²) in [4.78, 5) is 10.9. The third-order valence-corrected chi connectivity index (χ3v) is 4.07. The van der Waals surface area contributed by atoms with Crippen LogP contribution in [-0.2, 0) is 11.2 Å². The summed E-state index contributed by atoms with van der Waals surface area (Å²) in [5, 5.41) is 10.4. The van der Waals surface area contributed by atoms with Crippen molar-refractivity contribution >= 4 is 52.4 Å². The monoisotopic (exact) mass is 348 g/mol. The predicted octanol–water partition coefficient (Wildman–Crippen LogP) is 5.59. The molecule has 0 fully saturated rings. The smallest absolute Gasteiger partial charge is 0.307 e. The van der Waals surface area contributed by atoms with Crippen molar-refractivity contribution in [2.24, 2.45) is 0 Å². The van der Waals surface area contributed by atoms with Crippen LogP contribution in [0.5, 0.6) is 0 Å². The number of halogens is 4. The first-order valence-electron chi connectivity index (χ1n) is 5.54. The Hall–Kier alpha value is -0.930. The van der Waals surface area contributed by atoms with E-state index in [1.807, 2.05) is 0 Å². The molecule has 0 saturated carbocycles. The van der Waals surface area contributed by atoms with E-state index in [2.05, 4.69) is 0 Å². The highest BCUT2D eigenvalue weighted by Gasteiger charge is 2.16. The number of carbonyl (C=O) groups is 1. The molecule has 0 amide bonds. The quantitative estimate of drug-likeness (QED) is 0.733. The van der Waals surface area contributed by atoms with Crippen molar-refractivity contribution < 1.29 is 9.90 Å². The zero-order valence-electron chi connectivity index (χ0n) is 9.96. The summed E-state index contributed by atoms with van der Waals surface area (Å²) in [5.74, 6) is -0.954. The van der Waals surface area contributed by atoms with E-state index in [0.29, 0.717) is 36.8 Å². The minimum absolute atomic E-state index is 0.160. The molecule has 0 radical (unpaired) electrons. The average Bonchev–Trinajstić information content (AvgIpc) is 2.34. The van der Waals surface area contributed by atoms with E-state index in [1.54, 1.807) is 24.3 Å². The third kappa shape index (κ3) is 3.21. The molecule has 1 N–H and O–H groups in total. The van der Waals surface area contributed by atoms with E-state index in [9.17, 15) is 4.79 Å². The molecule has 20 heavy (non-hydrogen) atoms. The van der Waals surface area contributed by atoms with Crippen molar-refractivity contribution in [1.29, 1.82) is 0 Å². The molecule has 0 atom stereocenters. The van der Waals surface area contributed by atoms with E-state index in [-0.39, 0.29) is 6.42 Å². The molecule has 0 unspecified atom stereocenters. The Kier molecular flexibility index (Phi) is 4.82. The molecule has 0 heterocycles. The van der Waals surface area contributed by atoms with Crippen molar-refractivity contribution in [1.82, 2.24) is 0 Å². The van der Waals surface area contributed by atoms with Gasteiger partial charge in [0.05, 0.1) is 21.5 Å². The standard InChI is InChI=1S/C14H8Cl4O2/c15-9-3-1-2-7(4-13(19)20)14(9)8-5-11(17)12(18)6-10(8)16/h1-3,5-6H,4H2,(H,19,20). The molecule has 0 aliphatic heterocycles. The molecule has 2 rings (SSSR count). The Morgan fingerprint density at radius 1 is 0.950 bits per heavy atom. The molecule has 0 saturated heterocycles. The van der Waals surface area contributed by atoms with Crippen LogP contribution >= 0.6 is 46.4 Å². The number of carboxylic acid groups (broad SMARTS) is 1. The van der Waals surface area contributed by atoms with Crippen LogP contribution in [-0.4, -0.2) is 11.1 Å². The van der Waals surface area contributed by atoms with Gasteiger partial charge in [0.2, 0.25) is 0 Å². The Bertz CT molecular complexity index is 683. The highest BCUT2D eigenvalue weighted by molar-refractivity contribution is 6.44. The van der Waals surface area contributed by atoms with Crippen molar-refractivity contribution in [2.75, 3.05) is 0 Å². The molecule has 2 aromatic carbocycles. The average molecular weight is 350 g/mol. The lowest BCUT2D eigenvalue weighted by molar-refractivity contribution is -0.136. The van der Waals surface area contributed by atoms with Gasteiger partial charge in [0.25, 0.3) is 0 Å². The fourth-order valence-corrected chi connectivity index (χ4v) is 2.83. The molecule has 0 spiro atoms.